The van der Waals surface area contributed by atoms with Crippen LogP contribution in [0.3, 0.4) is 0 Å². The van der Waals surface area contributed by atoms with Crippen molar-refractivity contribution < 1.29 is 23.8 Å². The summed E-state index contributed by atoms with van der Waals surface area (Å²) < 4.78 is 10.0. The van der Waals surface area contributed by atoms with Crippen molar-refractivity contribution in [1.29, 1.82) is 0 Å². The van der Waals surface area contributed by atoms with Gasteiger partial charge in [-0.2, -0.15) is 0 Å². The van der Waals surface area contributed by atoms with Gasteiger partial charge in [0.25, 0.3) is 0 Å². The lowest BCUT2D eigenvalue weighted by Gasteiger charge is -2.03. The first-order valence-corrected chi connectivity index (χ1v) is 5.30. The van der Waals surface area contributed by atoms with Crippen LogP contribution in [0.15, 0.2) is 16.5 Å². The Morgan fingerprint density at radius 2 is 2.24 bits per heavy atom. The molecule has 0 saturated heterocycles. The molecule has 0 spiro atoms. The number of amides is 1. The Morgan fingerprint density at radius 1 is 1.47 bits per heavy atom. The van der Waals surface area contributed by atoms with Crippen LogP contribution in [-0.2, 0) is 16.1 Å². The number of hydrogen-bond acceptors (Lipinski definition) is 4. The van der Waals surface area contributed by atoms with Crippen molar-refractivity contribution in [2.75, 3.05) is 13.2 Å². The van der Waals surface area contributed by atoms with Crippen LogP contribution in [0.25, 0.3) is 0 Å². The molecule has 0 aromatic carbocycles. The summed E-state index contributed by atoms with van der Waals surface area (Å²) in [4.78, 5) is 21.8. The molecule has 0 radical (unpaired) electrons. The zero-order valence-corrected chi connectivity index (χ0v) is 9.56. The second kappa shape index (κ2) is 6.70. The van der Waals surface area contributed by atoms with Crippen LogP contribution in [0.1, 0.15) is 29.7 Å². The second-order valence-corrected chi connectivity index (χ2v) is 3.40. The fraction of sp³-hybridized carbons (Fsp3) is 0.455. The van der Waals surface area contributed by atoms with Gasteiger partial charge in [-0.15, -0.1) is 0 Å². The van der Waals surface area contributed by atoms with Gasteiger partial charge in [0, 0.05) is 6.61 Å². The molecule has 6 heteroatoms. The number of ether oxygens (including phenoxy) is 1. The van der Waals surface area contributed by atoms with E-state index in [0.717, 1.165) is 6.42 Å². The molecule has 0 aliphatic heterocycles. The second-order valence-electron chi connectivity index (χ2n) is 3.40. The molecule has 1 aromatic rings. The van der Waals surface area contributed by atoms with Gasteiger partial charge < -0.3 is 19.6 Å². The summed E-state index contributed by atoms with van der Waals surface area (Å²) in [7, 11) is 0. The summed E-state index contributed by atoms with van der Waals surface area (Å²) in [6, 6.07) is 2.86. The Kier molecular flexibility index (Phi) is 5.22. The fourth-order valence-electron chi connectivity index (χ4n) is 1.13. The molecule has 1 heterocycles. The first kappa shape index (κ1) is 13.2. The Hall–Kier alpha value is -1.82. The average molecular weight is 241 g/mol. The van der Waals surface area contributed by atoms with Crippen LogP contribution in [0, 0.1) is 0 Å². The van der Waals surface area contributed by atoms with E-state index in [2.05, 4.69) is 5.32 Å². The zero-order chi connectivity index (χ0) is 12.7. The van der Waals surface area contributed by atoms with Gasteiger partial charge in [0.15, 0.2) is 0 Å². The number of furan rings is 1. The molecule has 1 amide bonds. The normalized spacial score (nSPS) is 10.2. The molecule has 0 saturated carbocycles. The van der Waals surface area contributed by atoms with Crippen LogP contribution in [0.2, 0.25) is 0 Å². The third kappa shape index (κ3) is 4.69. The largest absolute Gasteiger partial charge is 0.475 e. The molecule has 1 aromatic heterocycles. The molecule has 6 nitrogen and oxygen atoms in total. The molecule has 0 aliphatic rings. The van der Waals surface area contributed by atoms with E-state index in [1.165, 1.54) is 12.1 Å². The van der Waals surface area contributed by atoms with E-state index in [4.69, 9.17) is 14.3 Å². The molecule has 0 unspecified atom stereocenters. The van der Waals surface area contributed by atoms with Crippen molar-refractivity contribution >= 4 is 11.9 Å². The van der Waals surface area contributed by atoms with Crippen molar-refractivity contribution in [2.24, 2.45) is 0 Å². The smallest absolute Gasteiger partial charge is 0.371 e. The standard InChI is InChI=1S/C11H15NO5/c1-2-5-16-7-10(13)12-6-8-3-4-9(17-8)11(14)15/h3-4H,2,5-7H2,1H3,(H,12,13)(H,14,15). The highest BCUT2D eigenvalue weighted by Gasteiger charge is 2.09. The van der Waals surface area contributed by atoms with E-state index >= 15 is 0 Å². The third-order valence-corrected chi connectivity index (χ3v) is 1.91. The van der Waals surface area contributed by atoms with Crippen LogP contribution < -0.4 is 5.32 Å². The Labute approximate surface area is 98.6 Å². The van der Waals surface area contributed by atoms with E-state index in [1.807, 2.05) is 6.92 Å². The molecule has 1 rings (SSSR count). The van der Waals surface area contributed by atoms with Gasteiger partial charge in [-0.3, -0.25) is 4.79 Å². The Morgan fingerprint density at radius 3 is 2.82 bits per heavy atom. The molecule has 0 aliphatic carbocycles. The predicted molar refractivity (Wildman–Crippen MR) is 58.6 cm³/mol. The number of nitrogens with one attached hydrogen (secondary N) is 1. The van der Waals surface area contributed by atoms with E-state index < -0.39 is 5.97 Å². The van der Waals surface area contributed by atoms with Gasteiger partial charge >= 0.3 is 5.97 Å². The molecule has 2 N–H and O–H groups in total. The zero-order valence-electron chi connectivity index (χ0n) is 9.56. The van der Waals surface area contributed by atoms with Crippen LogP contribution in [0.5, 0.6) is 0 Å². The van der Waals surface area contributed by atoms with Crippen molar-refractivity contribution in [3.63, 3.8) is 0 Å². The number of carboxylic acids is 1. The highest BCUT2D eigenvalue weighted by Crippen LogP contribution is 2.07. The SMILES string of the molecule is CCCOCC(=O)NCc1ccc(C(=O)O)o1. The van der Waals surface area contributed by atoms with Gasteiger partial charge in [0.05, 0.1) is 6.54 Å². The van der Waals surface area contributed by atoms with Crippen molar-refractivity contribution in [2.45, 2.75) is 19.9 Å². The molecule has 0 bridgehead atoms. The van der Waals surface area contributed by atoms with E-state index in [9.17, 15) is 9.59 Å². The Balaban J connectivity index is 2.29. The summed E-state index contributed by atoms with van der Waals surface area (Å²) in [6.07, 6.45) is 0.855. The minimum absolute atomic E-state index is 0.000334. The van der Waals surface area contributed by atoms with Gasteiger partial charge in [-0.25, -0.2) is 4.79 Å². The molecule has 94 valence electrons. The van der Waals surface area contributed by atoms with E-state index in [0.29, 0.717) is 12.4 Å². The van der Waals surface area contributed by atoms with Gasteiger partial charge in [-0.05, 0) is 18.6 Å². The maximum absolute atomic E-state index is 11.2. The minimum atomic E-state index is -1.13. The van der Waals surface area contributed by atoms with Crippen LogP contribution in [-0.4, -0.2) is 30.2 Å². The predicted octanol–water partition coefficient (Wildman–Crippen LogP) is 1.02. The summed E-state index contributed by atoms with van der Waals surface area (Å²) in [5.41, 5.74) is 0. The third-order valence-electron chi connectivity index (χ3n) is 1.91. The fourth-order valence-corrected chi connectivity index (χ4v) is 1.13. The van der Waals surface area contributed by atoms with Crippen molar-refractivity contribution in [3.05, 3.63) is 23.7 Å². The minimum Gasteiger partial charge on any atom is -0.475 e. The highest BCUT2D eigenvalue weighted by atomic mass is 16.5. The number of carbonyl (C=O) groups excluding carboxylic acids is 1. The van der Waals surface area contributed by atoms with Gasteiger partial charge in [0.1, 0.15) is 12.4 Å². The maximum Gasteiger partial charge on any atom is 0.371 e. The first-order chi connectivity index (χ1) is 8.13. The lowest BCUT2D eigenvalue weighted by atomic mass is 10.4. The first-order valence-electron chi connectivity index (χ1n) is 5.30. The number of aromatic carboxylic acids is 1. The van der Waals surface area contributed by atoms with Crippen LogP contribution in [0.4, 0.5) is 0 Å². The van der Waals surface area contributed by atoms with Gasteiger partial charge in [0.2, 0.25) is 11.7 Å². The van der Waals surface area contributed by atoms with Crippen molar-refractivity contribution in [3.8, 4) is 0 Å². The molecule has 0 fully saturated rings. The number of rotatable bonds is 7. The van der Waals surface area contributed by atoms with Crippen molar-refractivity contribution in [1.82, 2.24) is 5.32 Å². The quantitative estimate of drug-likeness (QED) is 0.696. The summed E-state index contributed by atoms with van der Waals surface area (Å²) in [5.74, 6) is -1.14. The number of hydrogen-bond donors (Lipinski definition) is 2. The molecular formula is C11H15NO5. The summed E-state index contributed by atoms with van der Waals surface area (Å²) >= 11 is 0. The lowest BCUT2D eigenvalue weighted by Crippen LogP contribution is -2.27. The van der Waals surface area contributed by atoms with E-state index in [1.54, 1.807) is 0 Å². The lowest BCUT2D eigenvalue weighted by molar-refractivity contribution is -0.125. The Bertz CT molecular complexity index is 385. The maximum atomic E-state index is 11.2. The monoisotopic (exact) mass is 241 g/mol. The van der Waals surface area contributed by atoms with E-state index in [-0.39, 0.29) is 24.8 Å². The highest BCUT2D eigenvalue weighted by molar-refractivity contribution is 5.84. The molecule has 17 heavy (non-hydrogen) atoms. The summed E-state index contributed by atoms with van der Waals surface area (Å²) in [6.45, 7) is 2.65. The number of carboxylic acid groups (broad SMARTS) is 1. The molecular weight excluding hydrogens is 226 g/mol. The number of carbonyl (C=O) groups is 2. The topological polar surface area (TPSA) is 88.8 Å². The molecule has 0 atom stereocenters. The van der Waals surface area contributed by atoms with Crippen LogP contribution >= 0.6 is 0 Å². The van der Waals surface area contributed by atoms with Gasteiger partial charge in [-0.1, -0.05) is 6.92 Å². The average Bonchev–Trinajstić information content (AvgIpc) is 2.75. The summed E-state index contributed by atoms with van der Waals surface area (Å²) in [5, 5.41) is 11.2.